The number of aromatic nitrogens is 3. The molecule has 0 bridgehead atoms. The van der Waals surface area contributed by atoms with E-state index in [0.717, 1.165) is 64.7 Å². The van der Waals surface area contributed by atoms with Gasteiger partial charge < -0.3 is 18.9 Å². The molecular weight excluding hydrogens is 412 g/mol. The van der Waals surface area contributed by atoms with E-state index < -0.39 is 0 Å². The summed E-state index contributed by atoms with van der Waals surface area (Å²) in [6.07, 6.45) is 9.75. The molecule has 170 valence electrons. The summed E-state index contributed by atoms with van der Waals surface area (Å²) in [6.45, 7) is 4.14. The quantitative estimate of drug-likeness (QED) is 0.315. The molecular formula is C27H30N4O2. The van der Waals surface area contributed by atoms with Crippen LogP contribution in [-0.4, -0.2) is 35.3 Å². The number of benzene rings is 2. The van der Waals surface area contributed by atoms with Gasteiger partial charge in [0.15, 0.2) is 0 Å². The SMILES string of the molecule is CCCn1ccc(-c2cnc3ccc(N(CC4CC4)c4cc(OC)cc(OC)c4)cc3n2)c1. The van der Waals surface area contributed by atoms with Crippen molar-refractivity contribution >= 4 is 22.4 Å². The Kier molecular flexibility index (Phi) is 5.90. The van der Waals surface area contributed by atoms with Crippen LogP contribution in [0.4, 0.5) is 11.4 Å². The first kappa shape index (κ1) is 21.3. The van der Waals surface area contributed by atoms with E-state index in [1.165, 1.54) is 12.8 Å². The Labute approximate surface area is 194 Å². The Morgan fingerprint density at radius 3 is 2.45 bits per heavy atom. The van der Waals surface area contributed by atoms with Crippen molar-refractivity contribution in [2.75, 3.05) is 25.7 Å². The van der Waals surface area contributed by atoms with E-state index in [9.17, 15) is 0 Å². The summed E-state index contributed by atoms with van der Waals surface area (Å²) in [5.41, 5.74) is 5.92. The average molecular weight is 443 g/mol. The third kappa shape index (κ3) is 4.65. The third-order valence-electron chi connectivity index (χ3n) is 6.15. The Hall–Kier alpha value is -3.54. The summed E-state index contributed by atoms with van der Waals surface area (Å²) in [5.74, 6) is 2.27. The molecule has 2 aromatic carbocycles. The van der Waals surface area contributed by atoms with Crippen LogP contribution in [0.15, 0.2) is 61.1 Å². The van der Waals surface area contributed by atoms with Gasteiger partial charge in [-0.2, -0.15) is 0 Å². The lowest BCUT2D eigenvalue weighted by atomic mass is 10.1. The van der Waals surface area contributed by atoms with Crippen LogP contribution in [0.1, 0.15) is 26.2 Å². The van der Waals surface area contributed by atoms with Gasteiger partial charge in [0.1, 0.15) is 11.5 Å². The van der Waals surface area contributed by atoms with Gasteiger partial charge in [-0.25, -0.2) is 4.98 Å². The highest BCUT2D eigenvalue weighted by Crippen LogP contribution is 2.38. The number of hydrogen-bond donors (Lipinski definition) is 0. The van der Waals surface area contributed by atoms with Gasteiger partial charge in [0.05, 0.1) is 37.1 Å². The minimum Gasteiger partial charge on any atom is -0.497 e. The van der Waals surface area contributed by atoms with E-state index in [1.807, 2.05) is 12.3 Å². The molecule has 0 N–H and O–H groups in total. The summed E-state index contributed by atoms with van der Waals surface area (Å²) in [6, 6.07) is 14.5. The number of aryl methyl sites for hydroxylation is 1. The largest absolute Gasteiger partial charge is 0.497 e. The number of anilines is 2. The van der Waals surface area contributed by atoms with Crippen LogP contribution in [0.25, 0.3) is 22.3 Å². The van der Waals surface area contributed by atoms with E-state index >= 15 is 0 Å². The van der Waals surface area contributed by atoms with Crippen molar-refractivity contribution in [1.29, 1.82) is 0 Å². The molecule has 6 nitrogen and oxygen atoms in total. The smallest absolute Gasteiger partial charge is 0.124 e. The van der Waals surface area contributed by atoms with Crippen LogP contribution < -0.4 is 14.4 Å². The fourth-order valence-corrected chi connectivity index (χ4v) is 4.16. The van der Waals surface area contributed by atoms with Gasteiger partial charge in [-0.15, -0.1) is 0 Å². The molecule has 33 heavy (non-hydrogen) atoms. The molecule has 1 saturated carbocycles. The van der Waals surface area contributed by atoms with E-state index in [4.69, 9.17) is 14.5 Å². The molecule has 0 spiro atoms. The summed E-state index contributed by atoms with van der Waals surface area (Å²) in [4.78, 5) is 12.0. The molecule has 0 unspecified atom stereocenters. The highest BCUT2D eigenvalue weighted by atomic mass is 16.5. The molecule has 1 fully saturated rings. The molecule has 2 aromatic heterocycles. The first-order valence-corrected chi connectivity index (χ1v) is 11.6. The lowest BCUT2D eigenvalue weighted by Gasteiger charge is -2.26. The number of methoxy groups -OCH3 is 2. The van der Waals surface area contributed by atoms with Crippen LogP contribution in [0.5, 0.6) is 11.5 Å². The fourth-order valence-electron chi connectivity index (χ4n) is 4.16. The van der Waals surface area contributed by atoms with Crippen molar-refractivity contribution in [2.24, 2.45) is 5.92 Å². The molecule has 0 saturated heterocycles. The Balaban J connectivity index is 1.54. The van der Waals surface area contributed by atoms with Gasteiger partial charge >= 0.3 is 0 Å². The number of rotatable bonds is 9. The second-order valence-electron chi connectivity index (χ2n) is 8.69. The van der Waals surface area contributed by atoms with Crippen LogP contribution in [0.2, 0.25) is 0 Å². The van der Waals surface area contributed by atoms with Gasteiger partial charge in [-0.05, 0) is 49.4 Å². The topological polar surface area (TPSA) is 52.4 Å². The van der Waals surface area contributed by atoms with Crippen molar-refractivity contribution in [2.45, 2.75) is 32.7 Å². The van der Waals surface area contributed by atoms with Crippen molar-refractivity contribution < 1.29 is 9.47 Å². The van der Waals surface area contributed by atoms with Gasteiger partial charge in [0.25, 0.3) is 0 Å². The van der Waals surface area contributed by atoms with Gasteiger partial charge in [-0.3, -0.25) is 4.98 Å². The monoisotopic (exact) mass is 442 g/mol. The highest BCUT2D eigenvalue weighted by Gasteiger charge is 2.26. The van der Waals surface area contributed by atoms with Crippen LogP contribution in [0.3, 0.4) is 0 Å². The lowest BCUT2D eigenvalue weighted by molar-refractivity contribution is 0.394. The zero-order valence-corrected chi connectivity index (χ0v) is 19.5. The van der Waals surface area contributed by atoms with Crippen molar-refractivity contribution in [1.82, 2.24) is 14.5 Å². The van der Waals surface area contributed by atoms with Gasteiger partial charge in [0, 0.05) is 60.6 Å². The maximum atomic E-state index is 5.53. The zero-order valence-electron chi connectivity index (χ0n) is 19.5. The van der Waals surface area contributed by atoms with E-state index in [-0.39, 0.29) is 0 Å². The summed E-state index contributed by atoms with van der Waals surface area (Å²) >= 11 is 0. The normalized spacial score (nSPS) is 13.3. The Morgan fingerprint density at radius 2 is 1.76 bits per heavy atom. The second-order valence-corrected chi connectivity index (χ2v) is 8.69. The van der Waals surface area contributed by atoms with Crippen LogP contribution >= 0.6 is 0 Å². The zero-order chi connectivity index (χ0) is 22.8. The molecule has 0 atom stereocenters. The number of nitrogens with zero attached hydrogens (tertiary/aromatic N) is 4. The summed E-state index contributed by atoms with van der Waals surface area (Å²) < 4.78 is 13.3. The lowest BCUT2D eigenvalue weighted by Crippen LogP contribution is -2.20. The van der Waals surface area contributed by atoms with E-state index in [1.54, 1.807) is 14.2 Å². The first-order chi connectivity index (χ1) is 16.2. The standard InChI is InChI=1S/C27H30N4O2/c1-4-10-30-11-9-20(18-30)27-16-28-25-8-7-21(14-26(25)29-27)31(17-19-5-6-19)22-12-23(32-2)15-24(13-22)33-3/h7-9,11-16,18-19H,4-6,10,17H2,1-3H3. The number of hydrogen-bond acceptors (Lipinski definition) is 5. The van der Waals surface area contributed by atoms with Crippen molar-refractivity contribution in [3.8, 4) is 22.8 Å². The molecule has 4 aromatic rings. The van der Waals surface area contributed by atoms with Gasteiger partial charge in [0.2, 0.25) is 0 Å². The third-order valence-corrected chi connectivity index (χ3v) is 6.15. The first-order valence-electron chi connectivity index (χ1n) is 11.6. The summed E-state index contributed by atoms with van der Waals surface area (Å²) in [5, 5.41) is 0. The second kappa shape index (κ2) is 9.14. The highest BCUT2D eigenvalue weighted by molar-refractivity contribution is 5.82. The molecule has 0 radical (unpaired) electrons. The Bertz CT molecular complexity index is 1240. The van der Waals surface area contributed by atoms with E-state index in [2.05, 4.69) is 70.2 Å². The molecule has 2 heterocycles. The predicted molar refractivity (Wildman–Crippen MR) is 133 cm³/mol. The van der Waals surface area contributed by atoms with Gasteiger partial charge in [-0.1, -0.05) is 6.92 Å². The molecule has 5 rings (SSSR count). The van der Waals surface area contributed by atoms with E-state index in [0.29, 0.717) is 5.92 Å². The molecule has 1 aliphatic carbocycles. The number of ether oxygens (including phenoxy) is 2. The van der Waals surface area contributed by atoms with Crippen molar-refractivity contribution in [3.63, 3.8) is 0 Å². The number of fused-ring (bicyclic) bond motifs is 1. The fraction of sp³-hybridized carbons (Fsp3) is 0.333. The predicted octanol–water partition coefficient (Wildman–Crippen LogP) is 6.07. The van der Waals surface area contributed by atoms with Crippen LogP contribution in [0, 0.1) is 5.92 Å². The van der Waals surface area contributed by atoms with Crippen LogP contribution in [-0.2, 0) is 6.54 Å². The molecule has 1 aliphatic rings. The maximum Gasteiger partial charge on any atom is 0.124 e. The minimum atomic E-state index is 0.702. The Morgan fingerprint density at radius 1 is 0.970 bits per heavy atom. The van der Waals surface area contributed by atoms with Crippen molar-refractivity contribution in [3.05, 3.63) is 61.1 Å². The summed E-state index contributed by atoms with van der Waals surface area (Å²) in [7, 11) is 3.37. The molecule has 6 heteroatoms. The molecule has 0 amide bonds. The maximum absolute atomic E-state index is 5.53. The minimum absolute atomic E-state index is 0.702. The average Bonchev–Trinajstić information content (AvgIpc) is 3.56. The molecule has 0 aliphatic heterocycles.